The smallest absolute Gasteiger partial charge is 0.268 e. The van der Waals surface area contributed by atoms with Gasteiger partial charge in [0.1, 0.15) is 0 Å². The first-order valence-corrected chi connectivity index (χ1v) is 11.8. The number of rotatable bonds is 5. The Morgan fingerprint density at radius 1 is 0.964 bits per heavy atom. The van der Waals surface area contributed by atoms with E-state index in [1.54, 1.807) is 18.3 Å². The highest BCUT2D eigenvalue weighted by molar-refractivity contribution is 9.10. The summed E-state index contributed by atoms with van der Waals surface area (Å²) in [6.45, 7) is 8.12. The van der Waals surface area contributed by atoms with Gasteiger partial charge in [-0.15, -0.1) is 0 Å². The van der Waals surface area contributed by atoms with Crippen molar-refractivity contribution in [2.75, 3.05) is 32.7 Å². The van der Waals surface area contributed by atoms with Crippen LogP contribution in [0.15, 0.2) is 64.1 Å². The summed E-state index contributed by atoms with van der Waals surface area (Å²) in [5, 5.41) is 0.914. The summed E-state index contributed by atoms with van der Waals surface area (Å²) < 4.78 is 28.9. The van der Waals surface area contributed by atoms with Gasteiger partial charge >= 0.3 is 0 Å². The normalized spacial score (nSPS) is 16.6. The van der Waals surface area contributed by atoms with Crippen LogP contribution in [0.1, 0.15) is 12.5 Å². The van der Waals surface area contributed by atoms with Crippen LogP contribution in [0.25, 0.3) is 10.9 Å². The minimum atomic E-state index is -3.65. The van der Waals surface area contributed by atoms with Crippen LogP contribution in [0.4, 0.5) is 0 Å². The van der Waals surface area contributed by atoms with E-state index >= 15 is 0 Å². The summed E-state index contributed by atoms with van der Waals surface area (Å²) in [5.41, 5.74) is 1.70. The molecule has 1 aliphatic rings. The lowest BCUT2D eigenvalue weighted by Crippen LogP contribution is -2.45. The molecule has 1 saturated heterocycles. The van der Waals surface area contributed by atoms with Crippen molar-refractivity contribution in [3.8, 4) is 0 Å². The average molecular weight is 462 g/mol. The zero-order valence-corrected chi connectivity index (χ0v) is 18.3. The predicted octanol–water partition coefficient (Wildman–Crippen LogP) is 3.78. The average Bonchev–Trinajstić information content (AvgIpc) is 3.15. The molecule has 2 heterocycles. The van der Waals surface area contributed by atoms with E-state index in [0.29, 0.717) is 10.4 Å². The minimum Gasteiger partial charge on any atom is -0.301 e. The van der Waals surface area contributed by atoms with Crippen molar-refractivity contribution in [1.82, 2.24) is 13.8 Å². The van der Waals surface area contributed by atoms with Gasteiger partial charge in [-0.1, -0.05) is 41.1 Å². The van der Waals surface area contributed by atoms with Crippen molar-refractivity contribution in [3.63, 3.8) is 0 Å². The van der Waals surface area contributed by atoms with Crippen molar-refractivity contribution < 1.29 is 8.42 Å². The number of aromatic nitrogens is 1. The minimum absolute atomic E-state index is 0.319. The second-order valence-electron chi connectivity index (χ2n) is 7.14. The van der Waals surface area contributed by atoms with Gasteiger partial charge in [-0.3, -0.25) is 4.90 Å². The molecule has 0 N–H and O–H groups in total. The van der Waals surface area contributed by atoms with Gasteiger partial charge in [0.15, 0.2) is 0 Å². The molecule has 0 saturated carbocycles. The van der Waals surface area contributed by atoms with Crippen LogP contribution < -0.4 is 0 Å². The number of piperazine rings is 1. The highest BCUT2D eigenvalue weighted by Gasteiger charge is 2.21. The second-order valence-corrected chi connectivity index (χ2v) is 9.81. The maximum Gasteiger partial charge on any atom is 0.268 e. The number of para-hydroxylation sites is 1. The van der Waals surface area contributed by atoms with Crippen molar-refractivity contribution in [3.05, 3.63) is 64.8 Å². The number of fused-ring (bicyclic) bond motifs is 1. The molecule has 1 aromatic heterocycles. The number of halogens is 1. The van der Waals surface area contributed by atoms with Gasteiger partial charge in [-0.05, 0) is 42.4 Å². The molecule has 0 unspecified atom stereocenters. The number of hydrogen-bond donors (Lipinski definition) is 0. The van der Waals surface area contributed by atoms with E-state index in [-0.39, 0.29) is 0 Å². The predicted molar refractivity (Wildman–Crippen MR) is 116 cm³/mol. The van der Waals surface area contributed by atoms with E-state index in [1.165, 1.54) is 3.97 Å². The van der Waals surface area contributed by atoms with Crippen LogP contribution >= 0.6 is 15.9 Å². The molecule has 0 spiro atoms. The Morgan fingerprint density at radius 3 is 2.43 bits per heavy atom. The first-order chi connectivity index (χ1) is 13.5. The molecule has 1 fully saturated rings. The summed E-state index contributed by atoms with van der Waals surface area (Å²) in [5.74, 6) is 0. The molecule has 148 valence electrons. The van der Waals surface area contributed by atoms with Crippen LogP contribution in [0.2, 0.25) is 0 Å². The molecule has 4 rings (SSSR count). The lowest BCUT2D eigenvalue weighted by Gasteiger charge is -2.34. The van der Waals surface area contributed by atoms with Gasteiger partial charge in [0, 0.05) is 48.8 Å². The summed E-state index contributed by atoms with van der Waals surface area (Å²) in [4.78, 5) is 5.14. The van der Waals surface area contributed by atoms with E-state index in [9.17, 15) is 8.42 Å². The molecular weight excluding hydrogens is 438 g/mol. The van der Waals surface area contributed by atoms with Gasteiger partial charge in [-0.2, -0.15) is 0 Å². The van der Waals surface area contributed by atoms with Crippen LogP contribution in [0.5, 0.6) is 0 Å². The molecule has 2 aromatic carbocycles. The quantitative estimate of drug-likeness (QED) is 0.579. The molecular formula is C21H24BrN3O2S. The molecule has 0 bridgehead atoms. The molecule has 7 heteroatoms. The van der Waals surface area contributed by atoms with Crippen LogP contribution in [0, 0.1) is 0 Å². The molecule has 0 amide bonds. The third-order valence-electron chi connectivity index (χ3n) is 5.44. The lowest BCUT2D eigenvalue weighted by atomic mass is 10.2. The SMILES string of the molecule is CCN1CCN(Cc2cc(S(=O)(=O)n3ccc4ccccc43)ccc2Br)CC1. The Balaban J connectivity index is 1.63. The molecule has 28 heavy (non-hydrogen) atoms. The van der Waals surface area contributed by atoms with Gasteiger partial charge in [0.25, 0.3) is 10.0 Å². The molecule has 1 aliphatic heterocycles. The van der Waals surface area contributed by atoms with Gasteiger partial charge in [-0.25, -0.2) is 12.4 Å². The third kappa shape index (κ3) is 3.76. The summed E-state index contributed by atoms with van der Waals surface area (Å²) in [6, 6.07) is 14.7. The fraction of sp³-hybridized carbons (Fsp3) is 0.333. The zero-order valence-electron chi connectivity index (χ0n) is 15.9. The van der Waals surface area contributed by atoms with E-state index < -0.39 is 10.0 Å². The number of benzene rings is 2. The Labute approximate surface area is 174 Å². The van der Waals surface area contributed by atoms with E-state index in [2.05, 4.69) is 32.7 Å². The Bertz CT molecular complexity index is 1090. The van der Waals surface area contributed by atoms with Crippen molar-refractivity contribution in [2.45, 2.75) is 18.4 Å². The standard InChI is InChI=1S/C21H24BrN3O2S/c1-2-23-11-13-24(14-12-23)16-18-15-19(7-8-20(18)22)28(26,27)25-10-9-17-5-3-4-6-21(17)25/h3-10,15H,2,11-14,16H2,1H3. The lowest BCUT2D eigenvalue weighted by molar-refractivity contribution is 0.131. The fourth-order valence-electron chi connectivity index (χ4n) is 3.72. The summed E-state index contributed by atoms with van der Waals surface area (Å²) >= 11 is 3.60. The monoisotopic (exact) mass is 461 g/mol. The largest absolute Gasteiger partial charge is 0.301 e. The van der Waals surface area contributed by atoms with Gasteiger partial charge in [0.2, 0.25) is 0 Å². The van der Waals surface area contributed by atoms with Crippen molar-refractivity contribution in [1.29, 1.82) is 0 Å². The molecule has 0 aliphatic carbocycles. The first-order valence-electron chi connectivity index (χ1n) is 9.54. The zero-order chi connectivity index (χ0) is 19.7. The Morgan fingerprint density at radius 2 is 1.68 bits per heavy atom. The number of likely N-dealkylation sites (N-methyl/N-ethyl adjacent to an activating group) is 1. The van der Waals surface area contributed by atoms with Crippen LogP contribution in [-0.4, -0.2) is 54.9 Å². The molecule has 3 aromatic rings. The summed E-state index contributed by atoms with van der Waals surface area (Å²) in [6.07, 6.45) is 1.63. The Hall–Kier alpha value is -1.67. The van der Waals surface area contributed by atoms with Gasteiger partial charge in [0.05, 0.1) is 10.4 Å². The maximum absolute atomic E-state index is 13.3. The summed E-state index contributed by atoms with van der Waals surface area (Å²) in [7, 11) is -3.65. The number of hydrogen-bond acceptors (Lipinski definition) is 4. The molecule has 0 radical (unpaired) electrons. The van der Waals surface area contributed by atoms with Crippen molar-refractivity contribution in [2.24, 2.45) is 0 Å². The van der Waals surface area contributed by atoms with E-state index in [1.807, 2.05) is 36.4 Å². The number of nitrogens with zero attached hydrogens (tertiary/aromatic N) is 3. The van der Waals surface area contributed by atoms with E-state index in [4.69, 9.17) is 0 Å². The Kier molecular flexibility index (Phi) is 5.60. The van der Waals surface area contributed by atoms with E-state index in [0.717, 1.165) is 54.7 Å². The third-order valence-corrected chi connectivity index (χ3v) is 7.90. The fourth-order valence-corrected chi connectivity index (χ4v) is 5.49. The van der Waals surface area contributed by atoms with Crippen molar-refractivity contribution >= 4 is 36.9 Å². The highest BCUT2D eigenvalue weighted by atomic mass is 79.9. The highest BCUT2D eigenvalue weighted by Crippen LogP contribution is 2.26. The molecule has 5 nitrogen and oxygen atoms in total. The first kappa shape index (κ1) is 19.6. The van der Waals surface area contributed by atoms with Crippen LogP contribution in [0.3, 0.4) is 0 Å². The maximum atomic E-state index is 13.3. The topological polar surface area (TPSA) is 45.6 Å². The molecule has 0 atom stereocenters. The second kappa shape index (κ2) is 7.99. The van der Waals surface area contributed by atoms with Gasteiger partial charge < -0.3 is 4.90 Å². The van der Waals surface area contributed by atoms with Crippen LogP contribution in [-0.2, 0) is 16.6 Å².